The van der Waals surface area contributed by atoms with Crippen molar-refractivity contribution in [3.05, 3.63) is 35.6 Å². The van der Waals surface area contributed by atoms with Crippen molar-refractivity contribution in [2.45, 2.75) is 31.6 Å². The lowest BCUT2D eigenvalue weighted by Crippen LogP contribution is -2.44. The molecule has 1 aromatic rings. The summed E-state index contributed by atoms with van der Waals surface area (Å²) in [7, 11) is 0. The summed E-state index contributed by atoms with van der Waals surface area (Å²) in [6.45, 7) is 2.06. The molecule has 0 fully saturated rings. The van der Waals surface area contributed by atoms with Crippen LogP contribution in [-0.4, -0.2) is 30.8 Å². The third-order valence-corrected chi connectivity index (χ3v) is 3.40. The number of carbonyl (C=O) groups excluding carboxylic acids is 1. The van der Waals surface area contributed by atoms with E-state index in [2.05, 4.69) is 0 Å². The molecule has 0 bridgehead atoms. The molecule has 1 aromatic carbocycles. The Morgan fingerprint density at radius 1 is 1.45 bits per heavy atom. The number of rotatable bonds is 8. The standard InChI is InChI=1S/C15H22FNO3/c1-2-20-14(19)15(11-17,8-3-4-9-18)12-6-5-7-13(16)10-12/h5-7,10,18H,2-4,8-9,11,17H2,1H3. The maximum Gasteiger partial charge on any atom is 0.317 e. The zero-order chi connectivity index (χ0) is 15.0. The number of aliphatic hydroxyl groups is 1. The van der Waals surface area contributed by atoms with Crippen LogP contribution in [0, 0.1) is 5.82 Å². The van der Waals surface area contributed by atoms with Crippen LogP contribution in [0.25, 0.3) is 0 Å². The van der Waals surface area contributed by atoms with Gasteiger partial charge in [-0.15, -0.1) is 0 Å². The average molecular weight is 283 g/mol. The second kappa shape index (κ2) is 7.97. The van der Waals surface area contributed by atoms with Crippen molar-refractivity contribution in [3.63, 3.8) is 0 Å². The third kappa shape index (κ3) is 3.77. The van der Waals surface area contributed by atoms with Gasteiger partial charge in [0.1, 0.15) is 11.2 Å². The topological polar surface area (TPSA) is 72.5 Å². The molecule has 0 aliphatic rings. The number of nitrogens with two attached hydrogens (primary N) is 1. The second-order valence-electron chi connectivity index (χ2n) is 4.70. The molecule has 0 aromatic heterocycles. The highest BCUT2D eigenvalue weighted by Gasteiger charge is 2.40. The molecule has 0 saturated carbocycles. The van der Waals surface area contributed by atoms with Crippen LogP contribution >= 0.6 is 0 Å². The largest absolute Gasteiger partial charge is 0.465 e. The van der Waals surface area contributed by atoms with E-state index in [9.17, 15) is 9.18 Å². The number of benzene rings is 1. The molecule has 112 valence electrons. The molecule has 0 radical (unpaired) electrons. The fraction of sp³-hybridized carbons (Fsp3) is 0.533. The van der Waals surface area contributed by atoms with Gasteiger partial charge in [0.05, 0.1) is 6.61 Å². The fourth-order valence-corrected chi connectivity index (χ4v) is 2.26. The maximum absolute atomic E-state index is 13.4. The third-order valence-electron chi connectivity index (χ3n) is 3.40. The summed E-state index contributed by atoms with van der Waals surface area (Å²) in [4.78, 5) is 12.3. The van der Waals surface area contributed by atoms with Crippen molar-refractivity contribution in [3.8, 4) is 0 Å². The molecule has 0 saturated heterocycles. The van der Waals surface area contributed by atoms with Gasteiger partial charge >= 0.3 is 5.97 Å². The maximum atomic E-state index is 13.4. The van der Waals surface area contributed by atoms with Crippen molar-refractivity contribution in [2.75, 3.05) is 19.8 Å². The number of halogens is 1. The first-order chi connectivity index (χ1) is 9.60. The van der Waals surface area contributed by atoms with E-state index in [1.165, 1.54) is 12.1 Å². The van der Waals surface area contributed by atoms with E-state index in [4.69, 9.17) is 15.6 Å². The van der Waals surface area contributed by atoms with Gasteiger partial charge in [-0.1, -0.05) is 12.1 Å². The number of hydrogen-bond acceptors (Lipinski definition) is 4. The van der Waals surface area contributed by atoms with E-state index in [1.807, 2.05) is 0 Å². The summed E-state index contributed by atoms with van der Waals surface area (Å²) >= 11 is 0. The molecule has 1 atom stereocenters. The van der Waals surface area contributed by atoms with Gasteiger partial charge in [0.25, 0.3) is 0 Å². The van der Waals surface area contributed by atoms with Gasteiger partial charge in [-0.2, -0.15) is 0 Å². The Morgan fingerprint density at radius 2 is 2.20 bits per heavy atom. The number of carbonyl (C=O) groups is 1. The number of unbranched alkanes of at least 4 members (excludes halogenated alkanes) is 1. The molecule has 5 heteroatoms. The predicted molar refractivity (Wildman–Crippen MR) is 74.7 cm³/mol. The molecule has 3 N–H and O–H groups in total. The zero-order valence-electron chi connectivity index (χ0n) is 11.8. The summed E-state index contributed by atoms with van der Waals surface area (Å²) < 4.78 is 18.6. The van der Waals surface area contributed by atoms with E-state index in [0.717, 1.165) is 0 Å². The smallest absolute Gasteiger partial charge is 0.317 e. The lowest BCUT2D eigenvalue weighted by atomic mass is 9.76. The lowest BCUT2D eigenvalue weighted by Gasteiger charge is -2.30. The van der Waals surface area contributed by atoms with Gasteiger partial charge in [0.2, 0.25) is 0 Å². The Balaban J connectivity index is 3.12. The van der Waals surface area contributed by atoms with E-state index in [1.54, 1.807) is 19.1 Å². The lowest BCUT2D eigenvalue weighted by molar-refractivity contribution is -0.150. The highest BCUT2D eigenvalue weighted by Crippen LogP contribution is 2.31. The number of hydrogen-bond donors (Lipinski definition) is 2. The molecule has 0 amide bonds. The van der Waals surface area contributed by atoms with Gasteiger partial charge < -0.3 is 15.6 Å². The number of esters is 1. The molecular weight excluding hydrogens is 261 g/mol. The zero-order valence-corrected chi connectivity index (χ0v) is 11.8. The van der Waals surface area contributed by atoms with E-state index in [-0.39, 0.29) is 19.8 Å². The van der Waals surface area contributed by atoms with Crippen molar-refractivity contribution in [1.29, 1.82) is 0 Å². The van der Waals surface area contributed by atoms with Crippen LogP contribution in [0.1, 0.15) is 31.7 Å². The Hall–Kier alpha value is -1.46. The molecule has 0 spiro atoms. The van der Waals surface area contributed by atoms with E-state index < -0.39 is 17.2 Å². The summed E-state index contributed by atoms with van der Waals surface area (Å²) in [5.74, 6) is -0.849. The Kier molecular flexibility index (Phi) is 6.61. The Bertz CT molecular complexity index is 439. The van der Waals surface area contributed by atoms with Crippen LogP contribution in [0.15, 0.2) is 24.3 Å². The minimum Gasteiger partial charge on any atom is -0.465 e. The van der Waals surface area contributed by atoms with Crippen molar-refractivity contribution < 1.29 is 19.0 Å². The van der Waals surface area contributed by atoms with Gasteiger partial charge in [0.15, 0.2) is 0 Å². The Labute approximate surface area is 118 Å². The minimum absolute atomic E-state index is 0.0424. The molecule has 1 unspecified atom stereocenters. The highest BCUT2D eigenvalue weighted by atomic mass is 19.1. The first kappa shape index (κ1) is 16.6. The van der Waals surface area contributed by atoms with Gasteiger partial charge in [-0.3, -0.25) is 4.79 Å². The van der Waals surface area contributed by atoms with Crippen molar-refractivity contribution in [1.82, 2.24) is 0 Å². The van der Waals surface area contributed by atoms with Crippen molar-refractivity contribution >= 4 is 5.97 Å². The van der Waals surface area contributed by atoms with E-state index in [0.29, 0.717) is 24.8 Å². The highest BCUT2D eigenvalue weighted by molar-refractivity contribution is 5.83. The quantitative estimate of drug-likeness (QED) is 0.563. The van der Waals surface area contributed by atoms with E-state index >= 15 is 0 Å². The first-order valence-electron chi connectivity index (χ1n) is 6.85. The average Bonchev–Trinajstić information content (AvgIpc) is 2.44. The predicted octanol–water partition coefficient (Wildman–Crippen LogP) is 1.75. The monoisotopic (exact) mass is 283 g/mol. The first-order valence-corrected chi connectivity index (χ1v) is 6.85. The summed E-state index contributed by atoms with van der Waals surface area (Å²) in [6, 6.07) is 5.89. The van der Waals surface area contributed by atoms with Gasteiger partial charge in [-0.05, 0) is 43.9 Å². The molecule has 4 nitrogen and oxygen atoms in total. The normalized spacial score (nSPS) is 13.8. The molecule has 0 aliphatic carbocycles. The number of ether oxygens (including phenoxy) is 1. The van der Waals surface area contributed by atoms with Crippen LogP contribution in [0.5, 0.6) is 0 Å². The summed E-state index contributed by atoms with van der Waals surface area (Å²) in [5, 5.41) is 8.89. The molecule has 1 rings (SSSR count). The van der Waals surface area contributed by atoms with Gasteiger partial charge in [-0.25, -0.2) is 4.39 Å². The van der Waals surface area contributed by atoms with Crippen LogP contribution in [0.4, 0.5) is 4.39 Å². The SMILES string of the molecule is CCOC(=O)C(CN)(CCCCO)c1cccc(F)c1. The summed E-state index contributed by atoms with van der Waals surface area (Å²) in [5.41, 5.74) is 5.29. The minimum atomic E-state index is -1.05. The van der Waals surface area contributed by atoms with Crippen LogP contribution < -0.4 is 5.73 Å². The molecular formula is C15H22FNO3. The Morgan fingerprint density at radius 3 is 2.75 bits per heavy atom. The van der Waals surface area contributed by atoms with Crippen molar-refractivity contribution in [2.24, 2.45) is 5.73 Å². The molecule has 20 heavy (non-hydrogen) atoms. The number of aliphatic hydroxyl groups excluding tert-OH is 1. The fourth-order valence-electron chi connectivity index (χ4n) is 2.26. The van der Waals surface area contributed by atoms with Crippen LogP contribution in [-0.2, 0) is 14.9 Å². The molecule has 0 aliphatic heterocycles. The molecule has 0 heterocycles. The van der Waals surface area contributed by atoms with Crippen LogP contribution in [0.3, 0.4) is 0 Å². The van der Waals surface area contributed by atoms with Crippen LogP contribution in [0.2, 0.25) is 0 Å². The summed E-state index contributed by atoms with van der Waals surface area (Å²) in [6.07, 6.45) is 1.60. The second-order valence-corrected chi connectivity index (χ2v) is 4.70. The van der Waals surface area contributed by atoms with Gasteiger partial charge in [0, 0.05) is 13.2 Å².